The minimum Gasteiger partial charge on any atom is -0.756 e. The van der Waals surface area contributed by atoms with Gasteiger partial charge in [-0.05, 0) is 109 Å². The number of amides is 1. The lowest BCUT2D eigenvalue weighted by atomic mass is 10.0. The molecule has 0 heterocycles. The van der Waals surface area contributed by atoms with Crippen molar-refractivity contribution in [1.82, 2.24) is 5.32 Å². The maximum Gasteiger partial charge on any atom is 0.306 e. The number of hydrogen-bond acceptors (Lipinski definition) is 7. The van der Waals surface area contributed by atoms with Gasteiger partial charge in [-0.1, -0.05) is 292 Å². The summed E-state index contributed by atoms with van der Waals surface area (Å²) >= 11 is 0. The number of allylic oxidation sites excluding steroid dienone is 13. The van der Waals surface area contributed by atoms with Crippen molar-refractivity contribution in [2.24, 2.45) is 0 Å². The zero-order valence-electron chi connectivity index (χ0n) is 56.6. The minimum atomic E-state index is -4.71. The van der Waals surface area contributed by atoms with Crippen LogP contribution >= 0.6 is 7.82 Å². The highest BCUT2D eigenvalue weighted by molar-refractivity contribution is 7.45. The molecule has 1 N–H and O–H groups in total. The van der Waals surface area contributed by atoms with Gasteiger partial charge in [-0.25, -0.2) is 0 Å². The number of quaternary nitrogens is 1. The number of unbranched alkanes of at least 4 members (excludes halogenated alkanes) is 37. The van der Waals surface area contributed by atoms with E-state index in [9.17, 15) is 19.0 Å². The third-order valence-electron chi connectivity index (χ3n) is 15.8. The van der Waals surface area contributed by atoms with Crippen molar-refractivity contribution < 1.29 is 37.3 Å². The van der Waals surface area contributed by atoms with Gasteiger partial charge in [0.1, 0.15) is 19.3 Å². The second kappa shape index (κ2) is 64.2. The predicted molar refractivity (Wildman–Crippen MR) is 367 cm³/mol. The van der Waals surface area contributed by atoms with E-state index in [0.29, 0.717) is 17.4 Å². The van der Waals surface area contributed by atoms with Crippen molar-refractivity contribution in [1.29, 1.82) is 0 Å². The summed E-state index contributed by atoms with van der Waals surface area (Å²) in [6.45, 7) is 6.81. The van der Waals surface area contributed by atoms with E-state index in [2.05, 4.69) is 99.0 Å². The van der Waals surface area contributed by atoms with Gasteiger partial charge in [-0.3, -0.25) is 14.2 Å². The second-order valence-electron chi connectivity index (χ2n) is 25.4. The van der Waals surface area contributed by atoms with Crippen molar-refractivity contribution in [3.05, 3.63) is 85.1 Å². The van der Waals surface area contributed by atoms with Crippen LogP contribution in [0.15, 0.2) is 85.1 Å². The molecule has 85 heavy (non-hydrogen) atoms. The molecule has 0 spiro atoms. The van der Waals surface area contributed by atoms with E-state index in [1.54, 1.807) is 0 Å². The number of nitrogens with one attached hydrogen (secondary N) is 1. The highest BCUT2D eigenvalue weighted by Crippen LogP contribution is 2.38. The molecule has 0 rings (SSSR count). The molecule has 0 aromatic rings. The quantitative estimate of drug-likeness (QED) is 0.0212. The average molecular weight is 1210 g/mol. The molecule has 3 unspecified atom stereocenters. The highest BCUT2D eigenvalue weighted by atomic mass is 31.2. The van der Waals surface area contributed by atoms with E-state index in [4.69, 9.17) is 13.8 Å². The molecule has 0 aliphatic rings. The summed E-state index contributed by atoms with van der Waals surface area (Å²) in [4.78, 5) is 40.2. The zero-order chi connectivity index (χ0) is 62.1. The Morgan fingerprint density at radius 2 is 0.718 bits per heavy atom. The van der Waals surface area contributed by atoms with Crippen LogP contribution in [0.4, 0.5) is 0 Å². The fourth-order valence-electron chi connectivity index (χ4n) is 10.2. The molecule has 494 valence electrons. The fraction of sp³-hybridized carbons (Fsp3) is 0.787. The summed E-state index contributed by atoms with van der Waals surface area (Å²) in [7, 11) is 1.18. The number of esters is 1. The third kappa shape index (κ3) is 65.5. The molecule has 0 aromatic carbocycles. The maximum atomic E-state index is 13.6. The number of likely N-dealkylation sites (N-methyl/N-ethyl adjacent to an activating group) is 1. The molecule has 0 saturated carbocycles. The standard InChI is InChI=1S/C75H137N2O7P/c1-7-10-13-16-19-22-25-28-30-32-34-36-37-38-39-41-42-44-46-49-52-55-58-61-64-67-74(78)76-72(71-83-85(80,81)82-70-69-77(4,5)6)73(66-63-60-57-54-51-48-27-24-21-18-15-12-9-3)84-75(79)68-65-62-59-56-53-50-47-45-43-40-35-33-31-29-26-23-20-17-14-11-8-2/h19-20,22-23,28-31,34-36,40,63,66,72-73H,7-18,21,24-27,32-33,37-39,41-62,64-65,67-71H2,1-6H3,(H-,76,78,80,81)/b22-19-,23-20-,30-28-,31-29-,36-34-,40-35-,66-63-. The van der Waals surface area contributed by atoms with E-state index >= 15 is 0 Å². The molecule has 9 nitrogen and oxygen atoms in total. The molecule has 0 aliphatic carbocycles. The van der Waals surface area contributed by atoms with Crippen molar-refractivity contribution in [3.8, 4) is 0 Å². The smallest absolute Gasteiger partial charge is 0.306 e. The lowest BCUT2D eigenvalue weighted by molar-refractivity contribution is -0.870. The number of ether oxygens (including phenoxy) is 1. The maximum absolute atomic E-state index is 13.6. The van der Waals surface area contributed by atoms with Crippen LogP contribution in [-0.4, -0.2) is 69.4 Å². The summed E-state index contributed by atoms with van der Waals surface area (Å²) in [6.07, 6.45) is 85.5. The largest absolute Gasteiger partial charge is 0.756 e. The van der Waals surface area contributed by atoms with Gasteiger partial charge in [0.15, 0.2) is 0 Å². The lowest BCUT2D eigenvalue weighted by Crippen LogP contribution is -2.47. The van der Waals surface area contributed by atoms with Gasteiger partial charge in [-0.15, -0.1) is 0 Å². The van der Waals surface area contributed by atoms with E-state index in [-0.39, 0.29) is 24.9 Å². The third-order valence-corrected chi connectivity index (χ3v) is 16.8. The van der Waals surface area contributed by atoms with Crippen molar-refractivity contribution >= 4 is 19.7 Å². The van der Waals surface area contributed by atoms with E-state index in [1.807, 2.05) is 33.3 Å². The average Bonchev–Trinajstić information content (AvgIpc) is 3.64. The first-order valence-corrected chi connectivity index (χ1v) is 37.4. The molecule has 0 saturated heterocycles. The van der Waals surface area contributed by atoms with E-state index in [0.717, 1.165) is 96.3 Å². The molecule has 3 atom stereocenters. The Balaban J connectivity index is 5.12. The number of carbonyl (C=O) groups is 2. The fourth-order valence-corrected chi connectivity index (χ4v) is 11.0. The Morgan fingerprint density at radius 3 is 1.09 bits per heavy atom. The van der Waals surface area contributed by atoms with Gasteiger partial charge in [0.2, 0.25) is 5.91 Å². The van der Waals surface area contributed by atoms with Gasteiger partial charge in [0.05, 0.1) is 33.8 Å². The highest BCUT2D eigenvalue weighted by Gasteiger charge is 2.27. The summed E-state index contributed by atoms with van der Waals surface area (Å²) in [5.74, 6) is -0.544. The van der Waals surface area contributed by atoms with Crippen LogP contribution in [0.5, 0.6) is 0 Å². The number of phosphoric ester groups is 1. The number of nitrogens with zero attached hydrogens (tertiary/aromatic N) is 1. The monoisotopic (exact) mass is 1210 g/mol. The van der Waals surface area contributed by atoms with Crippen LogP contribution in [0.2, 0.25) is 0 Å². The molecule has 0 radical (unpaired) electrons. The molecule has 0 aliphatic heterocycles. The molecular weight excluding hydrogens is 1070 g/mol. The van der Waals surface area contributed by atoms with Crippen LogP contribution in [0, 0.1) is 0 Å². The summed E-state index contributed by atoms with van der Waals surface area (Å²) in [6, 6.07) is -0.897. The van der Waals surface area contributed by atoms with E-state index < -0.39 is 26.6 Å². The molecule has 0 fully saturated rings. The number of phosphoric acid groups is 1. The van der Waals surface area contributed by atoms with Gasteiger partial charge in [0, 0.05) is 12.8 Å². The Hall–Kier alpha value is -2.81. The van der Waals surface area contributed by atoms with Crippen molar-refractivity contribution in [2.75, 3.05) is 40.9 Å². The predicted octanol–water partition coefficient (Wildman–Crippen LogP) is 22.3. The zero-order valence-corrected chi connectivity index (χ0v) is 57.4. The normalized spacial score (nSPS) is 14.0. The Labute approximate surface area is 526 Å². The molecule has 0 aromatic heterocycles. The summed E-state index contributed by atoms with van der Waals surface area (Å²) in [5.41, 5.74) is 0. The Morgan fingerprint density at radius 1 is 0.412 bits per heavy atom. The molecule has 1 amide bonds. The first-order chi connectivity index (χ1) is 41.4. The minimum absolute atomic E-state index is 0.0262. The van der Waals surface area contributed by atoms with Crippen LogP contribution in [-0.2, 0) is 27.9 Å². The van der Waals surface area contributed by atoms with Crippen molar-refractivity contribution in [3.63, 3.8) is 0 Å². The van der Waals surface area contributed by atoms with Crippen molar-refractivity contribution in [2.45, 2.75) is 341 Å². The van der Waals surface area contributed by atoms with Crippen LogP contribution in [0.25, 0.3) is 0 Å². The molecule has 10 heteroatoms. The second-order valence-corrected chi connectivity index (χ2v) is 26.8. The molecule has 0 bridgehead atoms. The van der Waals surface area contributed by atoms with Crippen LogP contribution < -0.4 is 10.2 Å². The Bertz CT molecular complexity index is 1730. The lowest BCUT2D eigenvalue weighted by Gasteiger charge is -2.30. The first-order valence-electron chi connectivity index (χ1n) is 35.9. The summed E-state index contributed by atoms with van der Waals surface area (Å²) in [5, 5.41) is 3.04. The topological polar surface area (TPSA) is 114 Å². The van der Waals surface area contributed by atoms with Gasteiger partial charge < -0.3 is 28.5 Å². The van der Waals surface area contributed by atoms with Crippen LogP contribution in [0.3, 0.4) is 0 Å². The van der Waals surface area contributed by atoms with Gasteiger partial charge in [-0.2, -0.15) is 0 Å². The number of carbonyl (C=O) groups excluding carboxylic acids is 2. The van der Waals surface area contributed by atoms with Gasteiger partial charge >= 0.3 is 5.97 Å². The molecular formula is C75H137N2O7P. The van der Waals surface area contributed by atoms with E-state index in [1.165, 1.54) is 199 Å². The first kappa shape index (κ1) is 82.2. The SMILES string of the molecule is CCCCC/C=C\C/C=C\C/C=C\CCCCCCCCCCCCCCC(=O)NC(COP(=O)([O-])OCC[N+](C)(C)C)C(/C=C\CCCCCCCCCCCCC)OC(=O)CCCCCCCCCC/C=C\C/C=C\C/C=C\CCCCC. The number of rotatable bonds is 65. The van der Waals surface area contributed by atoms with Gasteiger partial charge in [0.25, 0.3) is 7.82 Å². The summed E-state index contributed by atoms with van der Waals surface area (Å²) < 4.78 is 30.5. The number of hydrogen-bond donors (Lipinski definition) is 1. The van der Waals surface area contributed by atoms with Crippen LogP contribution in [0.1, 0.15) is 329 Å². The Kier molecular flexibility index (Phi) is 62.1.